The number of hydrogen-bond acceptors (Lipinski definition) is 6. The van der Waals surface area contributed by atoms with Gasteiger partial charge in [-0.2, -0.15) is 0 Å². The van der Waals surface area contributed by atoms with Gasteiger partial charge in [-0.15, -0.1) is 11.3 Å². The van der Waals surface area contributed by atoms with Gasteiger partial charge in [0, 0.05) is 23.7 Å². The number of thiazole rings is 1. The minimum Gasteiger partial charge on any atom is -0.298 e. The molecule has 118 valence electrons. The van der Waals surface area contributed by atoms with E-state index in [0.29, 0.717) is 5.13 Å². The lowest BCUT2D eigenvalue weighted by atomic mass is 10.2. The molecule has 2 aromatic rings. The first-order valence-corrected chi connectivity index (χ1v) is 8.47. The van der Waals surface area contributed by atoms with E-state index in [-0.39, 0.29) is 10.5 Å². The van der Waals surface area contributed by atoms with Gasteiger partial charge in [-0.1, -0.05) is 10.5 Å². The lowest BCUT2D eigenvalue weighted by Crippen LogP contribution is -2.26. The van der Waals surface area contributed by atoms with Gasteiger partial charge in [0.2, 0.25) is 0 Å². The fourth-order valence-electron chi connectivity index (χ4n) is 1.63. The molecule has 0 radical (unpaired) electrons. The lowest BCUT2D eigenvalue weighted by Gasteiger charge is -2.14. The first-order chi connectivity index (χ1) is 10.3. The van der Waals surface area contributed by atoms with Gasteiger partial charge in [-0.05, 0) is 25.1 Å². The number of hydroxylamine groups is 1. The number of nitrogens with one attached hydrogen (secondary N) is 1. The van der Waals surface area contributed by atoms with E-state index in [0.717, 1.165) is 9.35 Å². The van der Waals surface area contributed by atoms with E-state index in [2.05, 4.69) is 10.3 Å². The van der Waals surface area contributed by atoms with Crippen molar-refractivity contribution in [1.29, 1.82) is 0 Å². The Balaban J connectivity index is 2.26. The topological polar surface area (TPSA) is 88.6 Å². The molecule has 2 rings (SSSR count). The third-order valence-corrected chi connectivity index (χ3v) is 5.34. The standard InChI is InChI=1S/C13H15N3O4S2/c1-9-8-14-13(21-9)15-12(17)10-5-4-6-11(7-10)22(18,19)16(2)20-3/h4-8H,1-3H3,(H,14,15,17). The molecule has 1 heterocycles. The Morgan fingerprint density at radius 3 is 2.73 bits per heavy atom. The van der Waals surface area contributed by atoms with Crippen LogP contribution in [0.1, 0.15) is 15.2 Å². The van der Waals surface area contributed by atoms with E-state index in [4.69, 9.17) is 4.84 Å². The quantitative estimate of drug-likeness (QED) is 0.839. The number of anilines is 1. The van der Waals surface area contributed by atoms with Crippen LogP contribution in [0.5, 0.6) is 0 Å². The zero-order valence-corrected chi connectivity index (χ0v) is 13.9. The number of aromatic nitrogens is 1. The van der Waals surface area contributed by atoms with E-state index in [1.807, 2.05) is 6.92 Å². The highest BCUT2D eigenvalue weighted by Gasteiger charge is 2.22. The van der Waals surface area contributed by atoms with Gasteiger partial charge < -0.3 is 0 Å². The zero-order valence-electron chi connectivity index (χ0n) is 12.2. The van der Waals surface area contributed by atoms with Crippen molar-refractivity contribution < 1.29 is 18.0 Å². The molecule has 22 heavy (non-hydrogen) atoms. The largest absolute Gasteiger partial charge is 0.298 e. The second-order valence-corrected chi connectivity index (χ2v) is 7.53. The van der Waals surface area contributed by atoms with Crippen LogP contribution in [0, 0.1) is 6.92 Å². The maximum atomic E-state index is 12.2. The van der Waals surface area contributed by atoms with Gasteiger partial charge in [0.25, 0.3) is 15.9 Å². The molecule has 0 spiro atoms. The smallest absolute Gasteiger partial charge is 0.264 e. The molecule has 1 amide bonds. The average Bonchev–Trinajstić information content (AvgIpc) is 2.91. The molecule has 0 saturated heterocycles. The Morgan fingerprint density at radius 2 is 2.14 bits per heavy atom. The van der Waals surface area contributed by atoms with E-state index in [1.165, 1.54) is 49.8 Å². The molecule has 1 N–H and O–H groups in total. The fourth-order valence-corrected chi connectivity index (χ4v) is 3.31. The van der Waals surface area contributed by atoms with Crippen LogP contribution in [0.4, 0.5) is 5.13 Å². The van der Waals surface area contributed by atoms with Crippen LogP contribution < -0.4 is 5.32 Å². The minimum absolute atomic E-state index is 0.0279. The lowest BCUT2D eigenvalue weighted by molar-refractivity contribution is -0.0258. The number of amides is 1. The van der Waals surface area contributed by atoms with Gasteiger partial charge in [0.15, 0.2) is 5.13 Å². The first-order valence-electron chi connectivity index (χ1n) is 6.21. The molecule has 0 aliphatic carbocycles. The number of hydrogen-bond donors (Lipinski definition) is 1. The Hall–Kier alpha value is -1.81. The summed E-state index contributed by atoms with van der Waals surface area (Å²) in [6, 6.07) is 5.72. The first kappa shape index (κ1) is 16.6. The van der Waals surface area contributed by atoms with E-state index < -0.39 is 15.9 Å². The molecule has 1 aromatic heterocycles. The summed E-state index contributed by atoms with van der Waals surface area (Å²) < 4.78 is 25.0. The minimum atomic E-state index is -3.80. The fraction of sp³-hybridized carbons (Fsp3) is 0.231. The van der Waals surface area contributed by atoms with Crippen LogP contribution in [0.15, 0.2) is 35.4 Å². The molecule has 7 nitrogen and oxygen atoms in total. The number of aryl methyl sites for hydroxylation is 1. The van der Waals surface area contributed by atoms with Crippen LogP contribution >= 0.6 is 11.3 Å². The van der Waals surface area contributed by atoms with Crippen LogP contribution in [-0.4, -0.2) is 37.9 Å². The molecule has 9 heteroatoms. The molecule has 1 aromatic carbocycles. The summed E-state index contributed by atoms with van der Waals surface area (Å²) in [6.45, 7) is 1.88. The summed E-state index contributed by atoms with van der Waals surface area (Å²) in [4.78, 5) is 21.8. The van der Waals surface area contributed by atoms with Crippen molar-refractivity contribution in [1.82, 2.24) is 9.45 Å². The second-order valence-electron chi connectivity index (χ2n) is 4.36. The van der Waals surface area contributed by atoms with Gasteiger partial charge in [0.05, 0.1) is 12.0 Å². The molecule has 0 bridgehead atoms. The van der Waals surface area contributed by atoms with Gasteiger partial charge in [-0.25, -0.2) is 13.4 Å². The number of carbonyl (C=O) groups excluding carboxylic acids is 1. The number of nitrogens with zero attached hydrogens (tertiary/aromatic N) is 2. The van der Waals surface area contributed by atoms with Crippen LogP contribution in [0.25, 0.3) is 0 Å². The summed E-state index contributed by atoms with van der Waals surface area (Å²) in [6.07, 6.45) is 1.65. The van der Waals surface area contributed by atoms with Crippen molar-refractivity contribution in [2.24, 2.45) is 0 Å². The Kier molecular flexibility index (Phi) is 4.91. The van der Waals surface area contributed by atoms with Crippen LogP contribution in [-0.2, 0) is 14.9 Å². The van der Waals surface area contributed by atoms with Crippen molar-refractivity contribution in [2.45, 2.75) is 11.8 Å². The normalized spacial score (nSPS) is 11.6. The van der Waals surface area contributed by atoms with E-state index in [1.54, 1.807) is 6.20 Å². The van der Waals surface area contributed by atoms with Gasteiger partial charge >= 0.3 is 0 Å². The van der Waals surface area contributed by atoms with Crippen LogP contribution in [0.2, 0.25) is 0 Å². The summed E-state index contributed by atoms with van der Waals surface area (Å²) in [5, 5.41) is 3.09. The number of rotatable bonds is 5. The molecule has 0 unspecified atom stereocenters. The molecule has 0 saturated carbocycles. The second kappa shape index (κ2) is 6.53. The Morgan fingerprint density at radius 1 is 1.41 bits per heavy atom. The highest BCUT2D eigenvalue weighted by Crippen LogP contribution is 2.19. The predicted octanol–water partition coefficient (Wildman–Crippen LogP) is 1.89. The van der Waals surface area contributed by atoms with Crippen LogP contribution in [0.3, 0.4) is 0 Å². The summed E-state index contributed by atoms with van der Waals surface area (Å²) >= 11 is 1.34. The maximum absolute atomic E-state index is 12.2. The van der Waals surface area contributed by atoms with Crippen molar-refractivity contribution in [2.75, 3.05) is 19.5 Å². The number of carbonyl (C=O) groups is 1. The molecular formula is C13H15N3O4S2. The summed E-state index contributed by atoms with van der Waals surface area (Å²) in [5.74, 6) is -0.425. The third-order valence-electron chi connectivity index (χ3n) is 2.83. The molecule has 0 aliphatic rings. The third kappa shape index (κ3) is 3.50. The SMILES string of the molecule is CON(C)S(=O)(=O)c1cccc(C(=O)Nc2ncc(C)s2)c1. The van der Waals surface area contributed by atoms with Crippen molar-refractivity contribution in [3.63, 3.8) is 0 Å². The van der Waals surface area contributed by atoms with Crippen molar-refractivity contribution in [3.8, 4) is 0 Å². The predicted molar refractivity (Wildman–Crippen MR) is 83.2 cm³/mol. The van der Waals surface area contributed by atoms with E-state index in [9.17, 15) is 13.2 Å². The summed E-state index contributed by atoms with van der Waals surface area (Å²) in [5.41, 5.74) is 0.221. The maximum Gasteiger partial charge on any atom is 0.264 e. The van der Waals surface area contributed by atoms with Crippen molar-refractivity contribution in [3.05, 3.63) is 40.9 Å². The summed E-state index contributed by atoms with van der Waals surface area (Å²) in [7, 11) is -1.27. The highest BCUT2D eigenvalue weighted by atomic mass is 32.2. The molecule has 0 fully saturated rings. The number of sulfonamides is 1. The molecular weight excluding hydrogens is 326 g/mol. The monoisotopic (exact) mass is 341 g/mol. The highest BCUT2D eigenvalue weighted by molar-refractivity contribution is 7.89. The van der Waals surface area contributed by atoms with Gasteiger partial charge in [-0.3, -0.25) is 14.9 Å². The van der Waals surface area contributed by atoms with Gasteiger partial charge in [0.1, 0.15) is 0 Å². The Bertz CT molecular complexity index is 786. The zero-order chi connectivity index (χ0) is 16.3. The molecule has 0 atom stereocenters. The Labute approximate surface area is 132 Å². The van der Waals surface area contributed by atoms with Crippen molar-refractivity contribution >= 4 is 32.4 Å². The van der Waals surface area contributed by atoms with E-state index >= 15 is 0 Å². The molecule has 0 aliphatic heterocycles. The number of benzene rings is 1. The average molecular weight is 341 g/mol.